The highest BCUT2D eigenvalue weighted by Crippen LogP contribution is 2.57. The van der Waals surface area contributed by atoms with Gasteiger partial charge in [-0.2, -0.15) is 0 Å². The van der Waals surface area contributed by atoms with Crippen LogP contribution in [0.2, 0.25) is 0 Å². The van der Waals surface area contributed by atoms with Gasteiger partial charge in [-0.3, -0.25) is 0 Å². The molecule has 23 heavy (non-hydrogen) atoms. The van der Waals surface area contributed by atoms with E-state index in [9.17, 15) is 5.11 Å². The molecule has 5 heteroatoms. The molecule has 3 rings (SSSR count). The van der Waals surface area contributed by atoms with Gasteiger partial charge in [-0.05, 0) is 52.1 Å². The molecule has 1 heterocycles. The fraction of sp³-hybridized carbons (Fsp3) is 1.00. The Kier molecular flexibility index (Phi) is 5.97. The number of aliphatic hydroxyl groups is 1. The topological polar surface area (TPSA) is 54.0 Å². The maximum Gasteiger partial charge on any atom is 0.0900 e. The molecule has 3 fully saturated rings. The number of ether oxygens (including phenoxy) is 2. The zero-order chi connectivity index (χ0) is 16.3. The van der Waals surface area contributed by atoms with E-state index in [0.29, 0.717) is 30.2 Å². The second-order valence-electron chi connectivity index (χ2n) is 7.67. The molecule has 1 saturated heterocycles. The van der Waals surface area contributed by atoms with Crippen molar-refractivity contribution in [3.8, 4) is 0 Å². The van der Waals surface area contributed by atoms with Crippen LogP contribution in [0, 0.1) is 5.41 Å². The van der Waals surface area contributed by atoms with Crippen molar-refractivity contribution >= 4 is 0 Å². The molecule has 0 aromatic heterocycles. The van der Waals surface area contributed by atoms with Gasteiger partial charge in [-0.25, -0.2) is 0 Å². The van der Waals surface area contributed by atoms with Crippen LogP contribution in [0.4, 0.5) is 0 Å². The number of nitrogens with one attached hydrogen (secondary N) is 1. The Labute approximate surface area is 140 Å². The Morgan fingerprint density at radius 2 is 2.04 bits per heavy atom. The van der Waals surface area contributed by atoms with E-state index in [-0.39, 0.29) is 6.10 Å². The van der Waals surface area contributed by atoms with E-state index in [1.165, 1.54) is 38.5 Å². The third kappa shape index (κ3) is 3.74. The lowest BCUT2D eigenvalue weighted by Gasteiger charge is -2.62. The molecule has 1 spiro atoms. The smallest absolute Gasteiger partial charge is 0.0900 e. The first kappa shape index (κ1) is 17.6. The lowest BCUT2D eigenvalue weighted by molar-refractivity contribution is -0.175. The van der Waals surface area contributed by atoms with Crippen molar-refractivity contribution < 1.29 is 14.6 Å². The molecular formula is C18H34N2O3. The average Bonchev–Trinajstić information content (AvgIpc) is 2.46. The minimum absolute atomic E-state index is 0.360. The standard InChI is InChI=1S/C18H34N2O3/c1-3-23-17-11-16(18(17)7-4-8-18)19-14-5-9-20(10-6-14)12-15(21)13-22-2/h14-17,19,21H,3-13H2,1-2H3. The fourth-order valence-corrected chi connectivity index (χ4v) is 4.78. The minimum Gasteiger partial charge on any atom is -0.389 e. The van der Waals surface area contributed by atoms with Crippen LogP contribution in [0.15, 0.2) is 0 Å². The Balaban J connectivity index is 1.40. The van der Waals surface area contributed by atoms with E-state index in [2.05, 4.69) is 17.1 Å². The van der Waals surface area contributed by atoms with E-state index in [1.54, 1.807) is 7.11 Å². The monoisotopic (exact) mass is 326 g/mol. The van der Waals surface area contributed by atoms with Gasteiger partial charge in [-0.1, -0.05) is 6.42 Å². The normalized spacial score (nSPS) is 32.5. The molecule has 2 saturated carbocycles. The molecule has 3 unspecified atom stereocenters. The summed E-state index contributed by atoms with van der Waals surface area (Å²) in [5, 5.41) is 13.8. The molecule has 3 aliphatic rings. The number of likely N-dealkylation sites (tertiary alicyclic amines) is 1. The van der Waals surface area contributed by atoms with Crippen LogP contribution in [0.5, 0.6) is 0 Å². The van der Waals surface area contributed by atoms with Crippen molar-refractivity contribution in [2.75, 3.05) is 40.0 Å². The van der Waals surface area contributed by atoms with E-state index in [4.69, 9.17) is 9.47 Å². The number of aliphatic hydroxyl groups excluding tert-OH is 1. The van der Waals surface area contributed by atoms with Gasteiger partial charge in [0.05, 0.1) is 18.8 Å². The molecule has 2 N–H and O–H groups in total. The molecule has 0 aromatic rings. The number of piperidine rings is 1. The van der Waals surface area contributed by atoms with Crippen molar-refractivity contribution in [3.63, 3.8) is 0 Å². The summed E-state index contributed by atoms with van der Waals surface area (Å²) in [5.74, 6) is 0. The second kappa shape index (κ2) is 7.79. The van der Waals surface area contributed by atoms with Gasteiger partial charge < -0.3 is 24.8 Å². The van der Waals surface area contributed by atoms with Crippen molar-refractivity contribution in [1.82, 2.24) is 10.2 Å². The summed E-state index contributed by atoms with van der Waals surface area (Å²) in [6, 6.07) is 1.30. The molecule has 1 aliphatic heterocycles. The van der Waals surface area contributed by atoms with Crippen molar-refractivity contribution in [2.45, 2.75) is 69.7 Å². The summed E-state index contributed by atoms with van der Waals surface area (Å²) in [5.41, 5.74) is 0.460. The van der Waals surface area contributed by atoms with Gasteiger partial charge in [0.2, 0.25) is 0 Å². The zero-order valence-electron chi connectivity index (χ0n) is 14.8. The molecule has 0 radical (unpaired) electrons. The molecule has 0 bridgehead atoms. The SMILES string of the molecule is CCOC1CC(NC2CCN(CC(O)COC)CC2)C12CCC2. The van der Waals surface area contributed by atoms with Gasteiger partial charge in [0.1, 0.15) is 0 Å². The number of hydrogen-bond donors (Lipinski definition) is 2. The van der Waals surface area contributed by atoms with Gasteiger partial charge in [-0.15, -0.1) is 0 Å². The van der Waals surface area contributed by atoms with Gasteiger partial charge in [0, 0.05) is 37.8 Å². The third-order valence-electron chi connectivity index (χ3n) is 6.29. The summed E-state index contributed by atoms with van der Waals surface area (Å²) in [4.78, 5) is 2.37. The molecule has 0 amide bonds. The third-order valence-corrected chi connectivity index (χ3v) is 6.29. The van der Waals surface area contributed by atoms with Crippen LogP contribution in [-0.4, -0.2) is 74.3 Å². The largest absolute Gasteiger partial charge is 0.389 e. The quantitative estimate of drug-likeness (QED) is 0.706. The maximum absolute atomic E-state index is 9.85. The summed E-state index contributed by atoms with van der Waals surface area (Å²) in [7, 11) is 1.64. The highest BCUT2D eigenvalue weighted by atomic mass is 16.5. The number of rotatable bonds is 8. The van der Waals surface area contributed by atoms with Crippen molar-refractivity contribution in [3.05, 3.63) is 0 Å². The van der Waals surface area contributed by atoms with E-state index in [0.717, 1.165) is 26.2 Å². The Bertz CT molecular complexity index is 367. The van der Waals surface area contributed by atoms with Gasteiger partial charge in [0.15, 0.2) is 0 Å². The lowest BCUT2D eigenvalue weighted by atomic mass is 9.51. The van der Waals surface area contributed by atoms with Crippen LogP contribution in [0.3, 0.4) is 0 Å². The molecule has 0 aromatic carbocycles. The summed E-state index contributed by atoms with van der Waals surface area (Å²) >= 11 is 0. The molecule has 134 valence electrons. The number of nitrogens with zero attached hydrogens (tertiary/aromatic N) is 1. The van der Waals surface area contributed by atoms with Crippen LogP contribution < -0.4 is 5.32 Å². The minimum atomic E-state index is -0.360. The maximum atomic E-state index is 9.85. The molecular weight excluding hydrogens is 292 g/mol. The van der Waals surface area contributed by atoms with Crippen LogP contribution in [0.25, 0.3) is 0 Å². The first-order chi connectivity index (χ1) is 11.2. The molecule has 3 atom stereocenters. The highest BCUT2D eigenvalue weighted by Gasteiger charge is 2.59. The van der Waals surface area contributed by atoms with Crippen LogP contribution in [-0.2, 0) is 9.47 Å². The predicted molar refractivity (Wildman–Crippen MR) is 90.6 cm³/mol. The Morgan fingerprint density at radius 1 is 1.30 bits per heavy atom. The number of hydrogen-bond acceptors (Lipinski definition) is 5. The number of β-amino-alcohol motifs (C(OH)–C–C–N with tert-alkyl or cyclic N) is 1. The first-order valence-corrected chi connectivity index (χ1v) is 9.45. The Morgan fingerprint density at radius 3 is 2.61 bits per heavy atom. The average molecular weight is 326 g/mol. The van der Waals surface area contributed by atoms with E-state index >= 15 is 0 Å². The van der Waals surface area contributed by atoms with E-state index in [1.807, 2.05) is 0 Å². The van der Waals surface area contributed by atoms with Crippen LogP contribution >= 0.6 is 0 Å². The van der Waals surface area contributed by atoms with E-state index < -0.39 is 0 Å². The molecule has 2 aliphatic carbocycles. The van der Waals surface area contributed by atoms with Crippen molar-refractivity contribution in [1.29, 1.82) is 0 Å². The predicted octanol–water partition coefficient (Wildman–Crippen LogP) is 1.40. The summed E-state index contributed by atoms with van der Waals surface area (Å²) in [6.07, 6.45) is 7.77. The number of methoxy groups -OCH3 is 1. The Hall–Kier alpha value is -0.200. The lowest BCUT2D eigenvalue weighted by Crippen LogP contribution is -2.68. The van der Waals surface area contributed by atoms with Crippen molar-refractivity contribution in [2.24, 2.45) is 5.41 Å². The first-order valence-electron chi connectivity index (χ1n) is 9.45. The second-order valence-corrected chi connectivity index (χ2v) is 7.67. The molecule has 5 nitrogen and oxygen atoms in total. The summed E-state index contributed by atoms with van der Waals surface area (Å²) in [6.45, 7) is 6.28. The van der Waals surface area contributed by atoms with Crippen LogP contribution in [0.1, 0.15) is 45.4 Å². The van der Waals surface area contributed by atoms with Gasteiger partial charge >= 0.3 is 0 Å². The fourth-order valence-electron chi connectivity index (χ4n) is 4.78. The summed E-state index contributed by atoms with van der Waals surface area (Å²) < 4.78 is 11.0. The van der Waals surface area contributed by atoms with Gasteiger partial charge in [0.25, 0.3) is 0 Å². The highest BCUT2D eigenvalue weighted by molar-refractivity contribution is 5.12. The zero-order valence-corrected chi connectivity index (χ0v) is 14.8.